The highest BCUT2D eigenvalue weighted by Crippen LogP contribution is 2.22. The smallest absolute Gasteiger partial charge is 0.142 e. The number of hydrogen-bond donors (Lipinski definition) is 1. The van der Waals surface area contributed by atoms with Gasteiger partial charge in [0, 0.05) is 18.5 Å². The van der Waals surface area contributed by atoms with Crippen LogP contribution in [0.5, 0.6) is 0 Å². The van der Waals surface area contributed by atoms with Gasteiger partial charge in [-0.15, -0.1) is 22.0 Å². The number of nitrogens with zero attached hydrogens (tertiary/aromatic N) is 3. The Bertz CT molecular complexity index is 536. The summed E-state index contributed by atoms with van der Waals surface area (Å²) < 4.78 is 1.96. The lowest BCUT2D eigenvalue weighted by atomic mass is 10.2. The fourth-order valence-electron chi connectivity index (χ4n) is 1.84. The molecular formula is C15H22N4S. The highest BCUT2D eigenvalue weighted by atomic mass is 32.2. The van der Waals surface area contributed by atoms with Crippen LogP contribution >= 0.6 is 11.8 Å². The van der Waals surface area contributed by atoms with Crippen LogP contribution in [-0.2, 0) is 19.3 Å². The zero-order valence-corrected chi connectivity index (χ0v) is 13.2. The zero-order chi connectivity index (χ0) is 14.4. The van der Waals surface area contributed by atoms with Crippen LogP contribution in [0.4, 0.5) is 0 Å². The van der Waals surface area contributed by atoms with Crippen molar-refractivity contribution in [1.29, 1.82) is 0 Å². The first-order valence-electron chi connectivity index (χ1n) is 6.90. The number of nitrogens with one attached hydrogen (secondary N) is 1. The van der Waals surface area contributed by atoms with Gasteiger partial charge in [-0.25, -0.2) is 0 Å². The molecule has 1 heterocycles. The Kier molecular flexibility index (Phi) is 5.61. The van der Waals surface area contributed by atoms with Crippen LogP contribution in [0.2, 0.25) is 0 Å². The van der Waals surface area contributed by atoms with Gasteiger partial charge in [-0.3, -0.25) is 0 Å². The third-order valence-corrected chi connectivity index (χ3v) is 3.94. The Labute approximate surface area is 125 Å². The van der Waals surface area contributed by atoms with Crippen LogP contribution in [0, 0.1) is 5.92 Å². The Morgan fingerprint density at radius 3 is 2.90 bits per heavy atom. The number of hydrogen-bond acceptors (Lipinski definition) is 4. The van der Waals surface area contributed by atoms with E-state index in [1.807, 2.05) is 11.6 Å². The average molecular weight is 290 g/mol. The minimum absolute atomic E-state index is 0.684. The van der Waals surface area contributed by atoms with E-state index in [2.05, 4.69) is 53.6 Å². The van der Waals surface area contributed by atoms with E-state index >= 15 is 0 Å². The first-order valence-corrected chi connectivity index (χ1v) is 7.89. The van der Waals surface area contributed by atoms with Gasteiger partial charge in [0.05, 0.1) is 5.75 Å². The molecule has 0 aliphatic heterocycles. The Balaban J connectivity index is 1.87. The summed E-state index contributed by atoms with van der Waals surface area (Å²) in [5, 5.41) is 11.5. The van der Waals surface area contributed by atoms with Gasteiger partial charge in [0.1, 0.15) is 12.2 Å². The van der Waals surface area contributed by atoms with E-state index in [9.17, 15) is 0 Å². The molecule has 0 saturated heterocycles. The Morgan fingerprint density at radius 1 is 1.35 bits per heavy atom. The maximum Gasteiger partial charge on any atom is 0.142 e. The summed E-state index contributed by atoms with van der Waals surface area (Å²) in [4.78, 5) is 1.27. The van der Waals surface area contributed by atoms with Gasteiger partial charge < -0.3 is 9.88 Å². The van der Waals surface area contributed by atoms with Crippen molar-refractivity contribution in [3.8, 4) is 0 Å². The number of thioether (sulfide) groups is 1. The standard InChI is InChI=1S/C15H22N4S/c1-12(2)8-16-9-13-5-4-6-14(7-13)20-10-15-18-17-11-19(15)3/h4-7,11-12,16H,8-10H2,1-3H3. The van der Waals surface area contributed by atoms with Crippen molar-refractivity contribution in [2.24, 2.45) is 13.0 Å². The van der Waals surface area contributed by atoms with Crippen LogP contribution in [-0.4, -0.2) is 21.3 Å². The summed E-state index contributed by atoms with van der Waals surface area (Å²) >= 11 is 1.80. The van der Waals surface area contributed by atoms with Gasteiger partial charge in [0.25, 0.3) is 0 Å². The lowest BCUT2D eigenvalue weighted by Gasteiger charge is -2.08. The van der Waals surface area contributed by atoms with Crippen molar-refractivity contribution >= 4 is 11.8 Å². The van der Waals surface area contributed by atoms with Crippen LogP contribution in [0.15, 0.2) is 35.5 Å². The van der Waals surface area contributed by atoms with Gasteiger partial charge in [-0.1, -0.05) is 26.0 Å². The highest BCUT2D eigenvalue weighted by molar-refractivity contribution is 7.98. The monoisotopic (exact) mass is 290 g/mol. The summed E-state index contributed by atoms with van der Waals surface area (Å²) in [5.41, 5.74) is 1.33. The SMILES string of the molecule is CC(C)CNCc1cccc(SCc2nncn2C)c1. The van der Waals surface area contributed by atoms with Gasteiger partial charge in [-0.05, 0) is 30.2 Å². The minimum atomic E-state index is 0.684. The molecule has 0 amide bonds. The van der Waals surface area contributed by atoms with E-state index in [1.165, 1.54) is 10.5 Å². The molecule has 5 heteroatoms. The van der Waals surface area contributed by atoms with Crippen molar-refractivity contribution in [2.75, 3.05) is 6.54 Å². The molecule has 0 saturated carbocycles. The second-order valence-corrected chi connectivity index (χ2v) is 6.37. The molecular weight excluding hydrogens is 268 g/mol. The molecule has 20 heavy (non-hydrogen) atoms. The van der Waals surface area contributed by atoms with E-state index in [0.717, 1.165) is 24.7 Å². The van der Waals surface area contributed by atoms with Crippen LogP contribution < -0.4 is 5.32 Å². The van der Waals surface area contributed by atoms with E-state index in [0.29, 0.717) is 5.92 Å². The number of rotatable bonds is 7. The summed E-state index contributed by atoms with van der Waals surface area (Å²) in [6, 6.07) is 8.67. The minimum Gasteiger partial charge on any atom is -0.320 e. The average Bonchev–Trinajstić information content (AvgIpc) is 2.82. The lowest BCUT2D eigenvalue weighted by molar-refractivity contribution is 0.552. The molecule has 1 aromatic carbocycles. The molecule has 0 bridgehead atoms. The first-order chi connectivity index (χ1) is 9.65. The second-order valence-electron chi connectivity index (χ2n) is 5.32. The highest BCUT2D eigenvalue weighted by Gasteiger charge is 2.03. The first kappa shape index (κ1) is 15.1. The summed E-state index contributed by atoms with van der Waals surface area (Å²) in [6.45, 7) is 6.42. The Hall–Kier alpha value is -1.33. The molecule has 4 nitrogen and oxygen atoms in total. The third kappa shape index (κ3) is 4.65. The fourth-order valence-corrected chi connectivity index (χ4v) is 2.80. The topological polar surface area (TPSA) is 42.7 Å². The summed E-state index contributed by atoms with van der Waals surface area (Å²) in [6.07, 6.45) is 1.74. The number of aromatic nitrogens is 3. The van der Waals surface area contributed by atoms with Crippen molar-refractivity contribution < 1.29 is 0 Å². The molecule has 108 valence electrons. The van der Waals surface area contributed by atoms with Gasteiger partial charge >= 0.3 is 0 Å². The molecule has 1 aromatic heterocycles. The van der Waals surface area contributed by atoms with E-state index in [1.54, 1.807) is 18.1 Å². The lowest BCUT2D eigenvalue weighted by Crippen LogP contribution is -2.18. The maximum absolute atomic E-state index is 4.10. The van der Waals surface area contributed by atoms with Crippen molar-refractivity contribution in [2.45, 2.75) is 31.0 Å². The predicted octanol–water partition coefficient (Wildman–Crippen LogP) is 2.85. The largest absolute Gasteiger partial charge is 0.320 e. The second kappa shape index (κ2) is 7.45. The van der Waals surface area contributed by atoms with E-state index < -0.39 is 0 Å². The molecule has 0 spiro atoms. The molecule has 1 N–H and O–H groups in total. The predicted molar refractivity (Wildman–Crippen MR) is 83.6 cm³/mol. The summed E-state index contributed by atoms with van der Waals surface area (Å²) in [7, 11) is 1.97. The molecule has 0 aliphatic carbocycles. The molecule has 2 aromatic rings. The quantitative estimate of drug-likeness (QED) is 0.796. The van der Waals surface area contributed by atoms with Gasteiger partial charge in [0.2, 0.25) is 0 Å². The zero-order valence-electron chi connectivity index (χ0n) is 12.3. The van der Waals surface area contributed by atoms with Gasteiger partial charge in [0.15, 0.2) is 0 Å². The van der Waals surface area contributed by atoms with Crippen molar-refractivity contribution in [1.82, 2.24) is 20.1 Å². The van der Waals surface area contributed by atoms with Crippen LogP contribution in [0.3, 0.4) is 0 Å². The molecule has 0 radical (unpaired) electrons. The van der Waals surface area contributed by atoms with Crippen LogP contribution in [0.1, 0.15) is 25.2 Å². The number of benzene rings is 1. The molecule has 0 aliphatic rings. The molecule has 2 rings (SSSR count). The third-order valence-electron chi connectivity index (χ3n) is 2.95. The molecule has 0 atom stereocenters. The molecule has 0 unspecified atom stereocenters. The number of aryl methyl sites for hydroxylation is 1. The normalized spacial score (nSPS) is 11.2. The molecule has 0 fully saturated rings. The van der Waals surface area contributed by atoms with Crippen LogP contribution in [0.25, 0.3) is 0 Å². The van der Waals surface area contributed by atoms with Gasteiger partial charge in [-0.2, -0.15) is 0 Å². The van der Waals surface area contributed by atoms with E-state index in [-0.39, 0.29) is 0 Å². The van der Waals surface area contributed by atoms with E-state index in [4.69, 9.17) is 0 Å². The summed E-state index contributed by atoms with van der Waals surface area (Å²) in [5.74, 6) is 2.53. The fraction of sp³-hybridized carbons (Fsp3) is 0.467. The Morgan fingerprint density at radius 2 is 2.20 bits per heavy atom. The van der Waals surface area contributed by atoms with Crippen molar-refractivity contribution in [3.05, 3.63) is 42.0 Å². The maximum atomic E-state index is 4.10. The van der Waals surface area contributed by atoms with Crippen molar-refractivity contribution in [3.63, 3.8) is 0 Å².